The van der Waals surface area contributed by atoms with Crippen molar-refractivity contribution in [3.8, 4) is 5.69 Å². The van der Waals surface area contributed by atoms with Gasteiger partial charge in [0.1, 0.15) is 5.82 Å². The molecule has 4 rings (SSSR count). The highest BCUT2D eigenvalue weighted by molar-refractivity contribution is 6.05. The Bertz CT molecular complexity index is 957. The van der Waals surface area contributed by atoms with Crippen LogP contribution in [0.5, 0.6) is 0 Å². The van der Waals surface area contributed by atoms with Crippen molar-refractivity contribution in [3.63, 3.8) is 0 Å². The predicted molar refractivity (Wildman–Crippen MR) is 109 cm³/mol. The second-order valence-electron chi connectivity index (χ2n) is 7.08. The number of nitrogens with zero attached hydrogens (tertiary/aromatic N) is 3. The van der Waals surface area contributed by atoms with Crippen LogP contribution in [-0.2, 0) is 0 Å². The summed E-state index contributed by atoms with van der Waals surface area (Å²) >= 11 is 0. The van der Waals surface area contributed by atoms with Crippen LogP contribution in [0.15, 0.2) is 54.7 Å². The lowest BCUT2D eigenvalue weighted by Crippen LogP contribution is -2.29. The molecule has 1 amide bonds. The lowest BCUT2D eigenvalue weighted by atomic mass is 10.1. The molecule has 144 valence electrons. The molecule has 0 radical (unpaired) electrons. The van der Waals surface area contributed by atoms with Gasteiger partial charge in [-0.3, -0.25) is 4.79 Å². The third-order valence-electron chi connectivity index (χ3n) is 5.17. The molecule has 1 aliphatic heterocycles. The van der Waals surface area contributed by atoms with E-state index in [1.54, 1.807) is 16.8 Å². The maximum Gasteiger partial charge on any atom is 0.259 e. The maximum atomic E-state index is 13.1. The van der Waals surface area contributed by atoms with Crippen molar-refractivity contribution in [3.05, 3.63) is 71.8 Å². The van der Waals surface area contributed by atoms with Crippen LogP contribution in [-0.4, -0.2) is 28.8 Å². The van der Waals surface area contributed by atoms with Gasteiger partial charge >= 0.3 is 0 Å². The van der Waals surface area contributed by atoms with Crippen molar-refractivity contribution >= 4 is 17.3 Å². The van der Waals surface area contributed by atoms with E-state index >= 15 is 0 Å². The average Bonchev–Trinajstić information content (AvgIpc) is 3.11. The minimum absolute atomic E-state index is 0.211. The van der Waals surface area contributed by atoms with Crippen LogP contribution in [0.4, 0.5) is 15.8 Å². The number of nitrogens with one attached hydrogen (secondary N) is 1. The standard InChI is InChI=1S/C22H23FN4O/c1-16-21(15-24-27(16)20-9-5-17(23)6-10-20)22(28)25-18-7-11-19(12-8-18)26-13-3-2-4-14-26/h5-12,15H,2-4,13-14H2,1H3,(H,25,28). The maximum absolute atomic E-state index is 13.1. The van der Waals surface area contributed by atoms with Crippen molar-refractivity contribution in [2.75, 3.05) is 23.3 Å². The van der Waals surface area contributed by atoms with Crippen LogP contribution in [0.25, 0.3) is 5.69 Å². The molecule has 3 aromatic rings. The Morgan fingerprint density at radius 1 is 0.964 bits per heavy atom. The number of carbonyl (C=O) groups is 1. The smallest absolute Gasteiger partial charge is 0.259 e. The second kappa shape index (κ2) is 7.84. The first-order valence-electron chi connectivity index (χ1n) is 9.59. The second-order valence-corrected chi connectivity index (χ2v) is 7.08. The number of rotatable bonds is 4. The summed E-state index contributed by atoms with van der Waals surface area (Å²) in [4.78, 5) is 15.1. The van der Waals surface area contributed by atoms with E-state index in [2.05, 4.69) is 27.4 Å². The van der Waals surface area contributed by atoms with E-state index in [0.29, 0.717) is 16.9 Å². The number of aromatic nitrogens is 2. The molecule has 0 bridgehead atoms. The molecular weight excluding hydrogens is 355 g/mol. The van der Waals surface area contributed by atoms with E-state index in [4.69, 9.17) is 0 Å². The highest BCUT2D eigenvalue weighted by Crippen LogP contribution is 2.22. The molecule has 1 aliphatic rings. The van der Waals surface area contributed by atoms with Gasteiger partial charge in [0, 0.05) is 24.5 Å². The molecule has 1 N–H and O–H groups in total. The number of piperidine rings is 1. The summed E-state index contributed by atoms with van der Waals surface area (Å²) in [5.74, 6) is -0.517. The van der Waals surface area contributed by atoms with Crippen LogP contribution in [0.3, 0.4) is 0 Å². The van der Waals surface area contributed by atoms with Crippen LogP contribution >= 0.6 is 0 Å². The molecule has 1 fully saturated rings. The van der Waals surface area contributed by atoms with Gasteiger partial charge in [0.25, 0.3) is 5.91 Å². The molecule has 0 spiro atoms. The van der Waals surface area contributed by atoms with Crippen molar-refractivity contribution in [2.45, 2.75) is 26.2 Å². The monoisotopic (exact) mass is 378 g/mol. The van der Waals surface area contributed by atoms with Crippen LogP contribution in [0.1, 0.15) is 35.3 Å². The molecule has 2 heterocycles. The molecule has 1 saturated heterocycles. The molecule has 0 saturated carbocycles. The summed E-state index contributed by atoms with van der Waals surface area (Å²) in [6.07, 6.45) is 5.30. The Labute approximate surface area is 163 Å². The van der Waals surface area contributed by atoms with E-state index in [1.165, 1.54) is 43.3 Å². The lowest BCUT2D eigenvalue weighted by molar-refractivity contribution is 0.102. The fraction of sp³-hybridized carbons (Fsp3) is 0.273. The first kappa shape index (κ1) is 18.2. The molecule has 0 atom stereocenters. The van der Waals surface area contributed by atoms with E-state index in [0.717, 1.165) is 18.8 Å². The van der Waals surface area contributed by atoms with Gasteiger partial charge in [0.05, 0.1) is 23.1 Å². The zero-order chi connectivity index (χ0) is 19.5. The van der Waals surface area contributed by atoms with E-state index in [-0.39, 0.29) is 11.7 Å². The molecule has 5 nitrogen and oxygen atoms in total. The van der Waals surface area contributed by atoms with Gasteiger partial charge in [0.15, 0.2) is 0 Å². The Morgan fingerprint density at radius 3 is 2.29 bits per heavy atom. The molecule has 0 aliphatic carbocycles. The van der Waals surface area contributed by atoms with E-state index in [1.807, 2.05) is 19.1 Å². The number of benzene rings is 2. The fourth-order valence-electron chi connectivity index (χ4n) is 3.58. The van der Waals surface area contributed by atoms with Crippen LogP contribution in [0.2, 0.25) is 0 Å². The van der Waals surface area contributed by atoms with Gasteiger partial charge in [-0.15, -0.1) is 0 Å². The highest BCUT2D eigenvalue weighted by Gasteiger charge is 2.16. The van der Waals surface area contributed by atoms with Gasteiger partial charge < -0.3 is 10.2 Å². The van der Waals surface area contributed by atoms with Gasteiger partial charge in [-0.25, -0.2) is 9.07 Å². The Hall–Kier alpha value is -3.15. The average molecular weight is 378 g/mol. The number of anilines is 2. The summed E-state index contributed by atoms with van der Waals surface area (Å²) in [6, 6.07) is 14.0. The summed E-state index contributed by atoms with van der Waals surface area (Å²) in [6.45, 7) is 4.01. The van der Waals surface area contributed by atoms with E-state index in [9.17, 15) is 9.18 Å². The summed E-state index contributed by atoms with van der Waals surface area (Å²) in [7, 11) is 0. The topological polar surface area (TPSA) is 50.2 Å². The third kappa shape index (κ3) is 3.76. The summed E-state index contributed by atoms with van der Waals surface area (Å²) < 4.78 is 14.8. The SMILES string of the molecule is Cc1c(C(=O)Nc2ccc(N3CCCCC3)cc2)cnn1-c1ccc(F)cc1. The van der Waals surface area contributed by atoms with Gasteiger partial charge in [-0.1, -0.05) is 0 Å². The first-order valence-corrected chi connectivity index (χ1v) is 9.59. The fourth-order valence-corrected chi connectivity index (χ4v) is 3.58. The van der Waals surface area contributed by atoms with Crippen LogP contribution < -0.4 is 10.2 Å². The molecule has 28 heavy (non-hydrogen) atoms. The highest BCUT2D eigenvalue weighted by atomic mass is 19.1. The quantitative estimate of drug-likeness (QED) is 0.724. The number of hydrogen-bond donors (Lipinski definition) is 1. The van der Waals surface area contributed by atoms with Gasteiger partial charge in [-0.05, 0) is 74.7 Å². The zero-order valence-corrected chi connectivity index (χ0v) is 15.9. The predicted octanol–water partition coefficient (Wildman–Crippen LogP) is 4.56. The minimum atomic E-state index is -0.306. The van der Waals surface area contributed by atoms with E-state index < -0.39 is 0 Å². The van der Waals surface area contributed by atoms with Crippen LogP contribution in [0, 0.1) is 12.7 Å². The third-order valence-corrected chi connectivity index (χ3v) is 5.17. The zero-order valence-electron chi connectivity index (χ0n) is 15.9. The molecular formula is C22H23FN4O. The molecule has 1 aromatic heterocycles. The molecule has 2 aromatic carbocycles. The molecule has 6 heteroatoms. The first-order chi connectivity index (χ1) is 13.6. The normalized spacial score (nSPS) is 14.1. The summed E-state index contributed by atoms with van der Waals surface area (Å²) in [5.41, 5.74) is 3.85. The van der Waals surface area contributed by atoms with Crippen molar-refractivity contribution in [2.24, 2.45) is 0 Å². The number of amides is 1. The summed E-state index contributed by atoms with van der Waals surface area (Å²) in [5, 5.41) is 7.21. The van der Waals surface area contributed by atoms with Crippen molar-refractivity contribution < 1.29 is 9.18 Å². The van der Waals surface area contributed by atoms with Crippen molar-refractivity contribution in [1.82, 2.24) is 9.78 Å². The number of hydrogen-bond acceptors (Lipinski definition) is 3. The Morgan fingerprint density at radius 2 is 1.61 bits per heavy atom. The van der Waals surface area contributed by atoms with Gasteiger partial charge in [-0.2, -0.15) is 5.10 Å². The molecule has 0 unspecified atom stereocenters. The largest absolute Gasteiger partial charge is 0.372 e. The number of carbonyl (C=O) groups excluding carboxylic acids is 1. The minimum Gasteiger partial charge on any atom is -0.372 e. The number of halogens is 1. The van der Waals surface area contributed by atoms with Crippen molar-refractivity contribution in [1.29, 1.82) is 0 Å². The Kier molecular flexibility index (Phi) is 5.10. The van der Waals surface area contributed by atoms with Gasteiger partial charge in [0.2, 0.25) is 0 Å². The lowest BCUT2D eigenvalue weighted by Gasteiger charge is -2.28. The Balaban J connectivity index is 1.47.